The third kappa shape index (κ3) is 3.87. The molecule has 3 heterocycles. The Kier molecular flexibility index (Phi) is 6.82. The van der Waals surface area contributed by atoms with E-state index in [0.29, 0.717) is 9.23 Å². The highest BCUT2D eigenvalue weighted by atomic mass is 32.2. The first kappa shape index (κ1) is 21.7. The molecule has 2 fully saturated rings. The van der Waals surface area contributed by atoms with Crippen LogP contribution in [0.4, 0.5) is 0 Å². The summed E-state index contributed by atoms with van der Waals surface area (Å²) in [5.74, 6) is -1.61. The number of piperazine rings is 1. The minimum atomic E-state index is -0.792. The maximum Gasteiger partial charge on any atom is 0.365 e. The molecule has 4 unspecified atom stereocenters. The zero-order valence-corrected chi connectivity index (χ0v) is 18.5. The maximum absolute atomic E-state index is 12.6. The highest BCUT2D eigenvalue weighted by molar-refractivity contribution is 8.25. The Balaban J connectivity index is 1.86. The smallest absolute Gasteiger partial charge is 0.365 e. The largest absolute Gasteiger partial charge is 0.393 e. The highest BCUT2D eigenvalue weighted by Gasteiger charge is 2.60. The van der Waals surface area contributed by atoms with Gasteiger partial charge in [-0.2, -0.15) is 0 Å². The molecule has 3 rings (SSSR count). The van der Waals surface area contributed by atoms with Gasteiger partial charge in [-0.3, -0.25) is 4.79 Å². The molecule has 2 radical (unpaired) electrons. The average Bonchev–Trinajstić information content (AvgIpc) is 2.88. The van der Waals surface area contributed by atoms with E-state index >= 15 is 0 Å². The first-order valence-electron chi connectivity index (χ1n) is 9.00. The SMILES string of the molecule is [B]N=POC(=O)C1=C(SC(=S)N2CCN(C)CC2)C(C)C2C(C(C)O)C(=O)N12. The van der Waals surface area contributed by atoms with Crippen molar-refractivity contribution < 1.29 is 19.2 Å². The van der Waals surface area contributed by atoms with Gasteiger partial charge >= 0.3 is 5.97 Å². The topological polar surface area (TPSA) is 85.7 Å². The number of nitrogens with zero attached hydrogens (tertiary/aromatic N) is 4. The number of hydrogen-bond donors (Lipinski definition) is 1. The third-order valence-electron chi connectivity index (χ3n) is 5.43. The third-order valence-corrected chi connectivity index (χ3v) is 7.50. The molecular formula is C16H22BN4O4PS2. The van der Waals surface area contributed by atoms with Gasteiger partial charge in [0.25, 0.3) is 7.98 Å². The Morgan fingerprint density at radius 3 is 2.64 bits per heavy atom. The second kappa shape index (κ2) is 8.79. The Morgan fingerprint density at radius 2 is 2.07 bits per heavy atom. The number of aliphatic hydroxyl groups excluding tert-OH is 1. The van der Waals surface area contributed by atoms with Crippen LogP contribution in [0.25, 0.3) is 0 Å². The lowest BCUT2D eigenvalue weighted by Crippen LogP contribution is -2.63. The Hall–Kier alpha value is -0.995. The van der Waals surface area contributed by atoms with Crippen LogP contribution in [-0.2, 0) is 14.1 Å². The molecule has 0 saturated carbocycles. The van der Waals surface area contributed by atoms with Crippen LogP contribution < -0.4 is 0 Å². The van der Waals surface area contributed by atoms with Crippen molar-refractivity contribution in [1.29, 1.82) is 0 Å². The molecule has 0 aromatic rings. The first-order valence-corrected chi connectivity index (χ1v) is 11.0. The van der Waals surface area contributed by atoms with Crippen LogP contribution in [0.3, 0.4) is 0 Å². The molecule has 1 N–H and O–H groups in total. The second-order valence-electron chi connectivity index (χ2n) is 7.20. The number of β-lactam (4-membered cyclic amide) rings is 1. The number of hydrogen-bond acceptors (Lipinski definition) is 8. The van der Waals surface area contributed by atoms with Crippen molar-refractivity contribution in [3.63, 3.8) is 0 Å². The van der Waals surface area contributed by atoms with E-state index in [1.807, 2.05) is 6.92 Å². The van der Waals surface area contributed by atoms with Crippen LogP contribution in [-0.4, -0.2) is 89.4 Å². The van der Waals surface area contributed by atoms with E-state index in [9.17, 15) is 14.7 Å². The highest BCUT2D eigenvalue weighted by Crippen LogP contribution is 2.51. The van der Waals surface area contributed by atoms with Gasteiger partial charge in [-0.15, -0.1) is 0 Å². The van der Waals surface area contributed by atoms with Gasteiger partial charge in [0, 0.05) is 37.0 Å². The Labute approximate surface area is 177 Å². The quantitative estimate of drug-likeness (QED) is 0.300. The summed E-state index contributed by atoms with van der Waals surface area (Å²) in [7, 11) is 7.09. The molecule has 0 aliphatic carbocycles. The standard InChI is InChI=1S/C16H22BN4O4PS2/c1-8-11-10(9(2)22)14(23)21(11)12(15(24)25-26-18-17)13(8)28-16(27)20-6-4-19(3)5-7-20/h8-11,22H,4-7H2,1-3H3. The molecule has 0 spiro atoms. The van der Waals surface area contributed by atoms with Gasteiger partial charge in [0.2, 0.25) is 14.5 Å². The van der Waals surface area contributed by atoms with E-state index in [1.165, 1.54) is 16.7 Å². The van der Waals surface area contributed by atoms with Gasteiger partial charge < -0.3 is 29.0 Å². The normalized spacial score (nSPS) is 29.1. The van der Waals surface area contributed by atoms with Crippen LogP contribution in [0.1, 0.15) is 13.8 Å². The number of carbonyl (C=O) groups is 2. The fourth-order valence-electron chi connectivity index (χ4n) is 3.90. The van der Waals surface area contributed by atoms with Crippen LogP contribution in [0.15, 0.2) is 15.3 Å². The van der Waals surface area contributed by atoms with E-state index in [-0.39, 0.29) is 32.2 Å². The molecule has 3 aliphatic heterocycles. The van der Waals surface area contributed by atoms with Crippen LogP contribution in [0.5, 0.6) is 0 Å². The number of aliphatic hydroxyl groups is 1. The van der Waals surface area contributed by atoms with Crippen molar-refractivity contribution in [2.24, 2.45) is 16.5 Å². The van der Waals surface area contributed by atoms with Crippen molar-refractivity contribution in [2.45, 2.75) is 26.0 Å². The molecule has 3 aliphatic rings. The van der Waals surface area contributed by atoms with Gasteiger partial charge in [0.05, 0.1) is 18.1 Å². The number of thioether (sulfide) groups is 1. The molecule has 4 atom stereocenters. The molecule has 28 heavy (non-hydrogen) atoms. The summed E-state index contributed by atoms with van der Waals surface area (Å²) in [4.78, 5) is 31.7. The molecule has 1 amide bonds. The summed E-state index contributed by atoms with van der Waals surface area (Å²) in [6.45, 7) is 7.00. The summed E-state index contributed by atoms with van der Waals surface area (Å²) < 4.78 is 8.99. The van der Waals surface area contributed by atoms with Crippen molar-refractivity contribution in [2.75, 3.05) is 33.2 Å². The number of likely N-dealkylation sites (N-methyl/N-ethyl adjacent to an activating group) is 1. The van der Waals surface area contributed by atoms with Crippen LogP contribution in [0, 0.1) is 11.8 Å². The molecule has 150 valence electrons. The lowest BCUT2D eigenvalue weighted by Gasteiger charge is -2.46. The zero-order chi connectivity index (χ0) is 20.6. The average molecular weight is 440 g/mol. The summed E-state index contributed by atoms with van der Waals surface area (Å²) in [5, 5.41) is 10.0. The lowest BCUT2D eigenvalue weighted by molar-refractivity contribution is -0.162. The monoisotopic (exact) mass is 440 g/mol. The molecule has 0 aromatic heterocycles. The summed E-state index contributed by atoms with van der Waals surface area (Å²) in [5.41, 5.74) is 0.192. The molecular weight excluding hydrogens is 418 g/mol. The Bertz CT molecular complexity index is 742. The van der Waals surface area contributed by atoms with E-state index in [1.54, 1.807) is 6.92 Å². The van der Waals surface area contributed by atoms with Crippen molar-refractivity contribution >= 4 is 56.8 Å². The first-order chi connectivity index (χ1) is 13.3. The van der Waals surface area contributed by atoms with Crippen molar-refractivity contribution in [3.8, 4) is 0 Å². The number of amides is 1. The van der Waals surface area contributed by atoms with Gasteiger partial charge in [-0.25, -0.2) is 4.79 Å². The zero-order valence-electron chi connectivity index (χ0n) is 15.9. The Morgan fingerprint density at radius 1 is 1.43 bits per heavy atom. The number of carbonyl (C=O) groups excluding carboxylic acids is 2. The molecule has 2 saturated heterocycles. The second-order valence-corrected chi connectivity index (χ2v) is 9.45. The summed E-state index contributed by atoms with van der Waals surface area (Å²) in [6, 6.07) is -0.278. The summed E-state index contributed by atoms with van der Waals surface area (Å²) >= 11 is 6.96. The lowest BCUT2D eigenvalue weighted by atomic mass is 9.79. The molecule has 8 nitrogen and oxygen atoms in total. The summed E-state index contributed by atoms with van der Waals surface area (Å²) in [6.07, 6.45) is -0.792. The van der Waals surface area contributed by atoms with Crippen LogP contribution in [0.2, 0.25) is 0 Å². The number of thiocarbonyl (C=S) groups is 1. The maximum atomic E-state index is 12.6. The van der Waals surface area contributed by atoms with E-state index in [4.69, 9.17) is 24.7 Å². The van der Waals surface area contributed by atoms with Gasteiger partial charge in [-0.1, -0.05) is 30.9 Å². The minimum Gasteiger partial charge on any atom is -0.393 e. The van der Waals surface area contributed by atoms with Gasteiger partial charge in [-0.05, 0) is 14.0 Å². The predicted molar refractivity (Wildman–Crippen MR) is 112 cm³/mol. The van der Waals surface area contributed by atoms with Crippen LogP contribution >= 0.6 is 32.6 Å². The molecule has 0 bridgehead atoms. The van der Waals surface area contributed by atoms with Crippen molar-refractivity contribution in [3.05, 3.63) is 10.6 Å². The number of rotatable bonds is 4. The van der Waals surface area contributed by atoms with E-state index < -0.39 is 18.0 Å². The molecule has 12 heteroatoms. The van der Waals surface area contributed by atoms with Crippen molar-refractivity contribution in [1.82, 2.24) is 14.7 Å². The van der Waals surface area contributed by atoms with Gasteiger partial charge in [0.1, 0.15) is 10.0 Å². The predicted octanol–water partition coefficient (Wildman–Crippen LogP) is 0.992. The number of fused-ring (bicyclic) bond motifs is 1. The van der Waals surface area contributed by atoms with E-state index in [0.717, 1.165) is 26.2 Å². The van der Waals surface area contributed by atoms with Gasteiger partial charge in [0.15, 0.2) is 0 Å². The molecule has 0 aromatic carbocycles. The minimum absolute atomic E-state index is 0.0374. The van der Waals surface area contributed by atoms with E-state index in [2.05, 4.69) is 21.5 Å². The fraction of sp³-hybridized carbons (Fsp3) is 0.688. The fourth-order valence-corrected chi connectivity index (χ4v) is 5.66.